The second-order valence-corrected chi connectivity index (χ2v) is 7.77. The van der Waals surface area contributed by atoms with Crippen LogP contribution in [0.3, 0.4) is 0 Å². The van der Waals surface area contributed by atoms with Crippen LogP contribution in [0.4, 0.5) is 13.6 Å². The third kappa shape index (κ3) is 3.83. The topological polar surface area (TPSA) is 97.0 Å². The predicted octanol–water partition coefficient (Wildman–Crippen LogP) is 2.38. The number of amides is 4. The maximum atomic E-state index is 13.7. The molecule has 2 unspecified atom stereocenters. The van der Waals surface area contributed by atoms with Gasteiger partial charge in [0.2, 0.25) is 5.91 Å². The Morgan fingerprint density at radius 1 is 1.12 bits per heavy atom. The van der Waals surface area contributed by atoms with Gasteiger partial charge < -0.3 is 20.1 Å². The van der Waals surface area contributed by atoms with E-state index in [0.29, 0.717) is 24.7 Å². The first-order chi connectivity index (χ1) is 15.2. The zero-order valence-corrected chi connectivity index (χ0v) is 17.4. The Hall–Kier alpha value is -3.69. The molecule has 2 aromatic carbocycles. The smallest absolute Gasteiger partial charge is 0.325 e. The van der Waals surface area contributed by atoms with E-state index in [1.165, 1.54) is 13.0 Å². The number of imide groups is 1. The number of carbonyl (C=O) groups excluding carboxylic acids is 3. The van der Waals surface area contributed by atoms with Crippen LogP contribution in [-0.4, -0.2) is 42.5 Å². The summed E-state index contributed by atoms with van der Waals surface area (Å²) >= 11 is 0. The summed E-state index contributed by atoms with van der Waals surface area (Å²) in [7, 11) is 0. The molecule has 4 amide bonds. The van der Waals surface area contributed by atoms with E-state index in [0.717, 1.165) is 22.6 Å². The van der Waals surface area contributed by atoms with Gasteiger partial charge in [-0.15, -0.1) is 0 Å². The van der Waals surface area contributed by atoms with Crippen LogP contribution >= 0.6 is 0 Å². The highest BCUT2D eigenvalue weighted by Crippen LogP contribution is 2.33. The number of nitrogens with zero attached hydrogens (tertiary/aromatic N) is 1. The van der Waals surface area contributed by atoms with Gasteiger partial charge in [-0.3, -0.25) is 14.5 Å². The van der Waals surface area contributed by atoms with Crippen LogP contribution in [0.1, 0.15) is 31.0 Å². The summed E-state index contributed by atoms with van der Waals surface area (Å²) in [6.45, 7) is 3.49. The van der Waals surface area contributed by atoms with E-state index in [2.05, 4.69) is 10.6 Å². The normalized spacial score (nSPS) is 20.7. The van der Waals surface area contributed by atoms with Crippen molar-refractivity contribution in [2.24, 2.45) is 0 Å². The lowest BCUT2D eigenvalue weighted by Gasteiger charge is -2.23. The van der Waals surface area contributed by atoms with E-state index >= 15 is 0 Å². The molecule has 0 aromatic heterocycles. The maximum absolute atomic E-state index is 13.7. The molecule has 1 fully saturated rings. The van der Waals surface area contributed by atoms with Crippen molar-refractivity contribution in [1.29, 1.82) is 0 Å². The minimum Gasteiger partial charge on any atom is -0.486 e. The highest BCUT2D eigenvalue weighted by Gasteiger charge is 2.49. The van der Waals surface area contributed by atoms with Crippen LogP contribution in [0.15, 0.2) is 36.4 Å². The molecule has 10 heteroatoms. The first-order valence-corrected chi connectivity index (χ1v) is 9.97. The first kappa shape index (κ1) is 21.5. The van der Waals surface area contributed by atoms with E-state index in [1.54, 1.807) is 25.1 Å². The molecule has 168 valence electrons. The standard InChI is InChI=1S/C22H21F2N3O5/c1-12(13-3-6-17-18(9-13)32-8-7-31-17)25-19(28)11-27-20(29)22(2,26-21(27)30)14-4-5-15(23)16(24)10-14/h3-6,9-10,12H,7-8,11H2,1-2H3,(H,25,28)(H,26,30). The molecule has 2 N–H and O–H groups in total. The van der Waals surface area contributed by atoms with Crippen LogP contribution in [0.25, 0.3) is 0 Å². The molecule has 4 rings (SSSR count). The Morgan fingerprint density at radius 2 is 1.84 bits per heavy atom. The number of benzene rings is 2. The van der Waals surface area contributed by atoms with Gasteiger partial charge in [-0.25, -0.2) is 13.6 Å². The lowest BCUT2D eigenvalue weighted by Crippen LogP contribution is -2.43. The number of carbonyl (C=O) groups is 3. The molecule has 2 atom stereocenters. The fourth-order valence-corrected chi connectivity index (χ4v) is 3.69. The van der Waals surface area contributed by atoms with Crippen molar-refractivity contribution in [1.82, 2.24) is 15.5 Å². The zero-order chi connectivity index (χ0) is 23.0. The van der Waals surface area contributed by atoms with Gasteiger partial charge in [-0.05, 0) is 49.2 Å². The Balaban J connectivity index is 1.44. The summed E-state index contributed by atoms with van der Waals surface area (Å²) < 4.78 is 37.9. The molecule has 2 aromatic rings. The summed E-state index contributed by atoms with van der Waals surface area (Å²) in [5.74, 6) is -2.32. The summed E-state index contributed by atoms with van der Waals surface area (Å²) in [4.78, 5) is 38.6. The number of halogens is 2. The largest absolute Gasteiger partial charge is 0.486 e. The van der Waals surface area contributed by atoms with Crippen molar-refractivity contribution >= 4 is 17.8 Å². The minimum absolute atomic E-state index is 0.0716. The monoisotopic (exact) mass is 445 g/mol. The molecule has 2 aliphatic rings. The fraction of sp³-hybridized carbons (Fsp3) is 0.318. The Morgan fingerprint density at radius 3 is 2.56 bits per heavy atom. The van der Waals surface area contributed by atoms with E-state index in [9.17, 15) is 23.2 Å². The van der Waals surface area contributed by atoms with Crippen LogP contribution < -0.4 is 20.1 Å². The molecule has 2 heterocycles. The molecule has 0 spiro atoms. The molecular weight excluding hydrogens is 424 g/mol. The third-order valence-electron chi connectivity index (χ3n) is 5.52. The SMILES string of the molecule is CC(NC(=O)CN1C(=O)NC(C)(c2ccc(F)c(F)c2)C1=O)c1ccc2c(c1)OCCO2. The number of ether oxygens (including phenoxy) is 2. The Labute approximate surface area is 182 Å². The van der Waals surface area contributed by atoms with Crippen LogP contribution in [0.5, 0.6) is 11.5 Å². The van der Waals surface area contributed by atoms with Crippen LogP contribution in [-0.2, 0) is 15.1 Å². The summed E-state index contributed by atoms with van der Waals surface area (Å²) in [6, 6.07) is 6.99. The van der Waals surface area contributed by atoms with Crippen molar-refractivity contribution in [3.63, 3.8) is 0 Å². The highest BCUT2D eigenvalue weighted by molar-refractivity contribution is 6.09. The molecule has 1 saturated heterocycles. The Bertz CT molecular complexity index is 1110. The van der Waals surface area contributed by atoms with E-state index in [1.807, 2.05) is 0 Å². The lowest BCUT2D eigenvalue weighted by molar-refractivity contribution is -0.135. The fourth-order valence-electron chi connectivity index (χ4n) is 3.69. The molecule has 8 nitrogen and oxygen atoms in total. The lowest BCUT2D eigenvalue weighted by atomic mass is 9.92. The van der Waals surface area contributed by atoms with Crippen molar-refractivity contribution < 1.29 is 32.6 Å². The van der Waals surface area contributed by atoms with Crippen molar-refractivity contribution in [3.8, 4) is 11.5 Å². The van der Waals surface area contributed by atoms with Crippen LogP contribution in [0, 0.1) is 11.6 Å². The second kappa shape index (κ2) is 8.10. The molecule has 0 bridgehead atoms. The molecule has 32 heavy (non-hydrogen) atoms. The van der Waals surface area contributed by atoms with Gasteiger partial charge in [0.05, 0.1) is 6.04 Å². The van der Waals surface area contributed by atoms with Crippen molar-refractivity contribution in [2.45, 2.75) is 25.4 Å². The number of fused-ring (bicyclic) bond motifs is 1. The summed E-state index contributed by atoms with van der Waals surface area (Å²) in [6.07, 6.45) is 0. The number of nitrogens with one attached hydrogen (secondary N) is 2. The summed E-state index contributed by atoms with van der Waals surface area (Å²) in [5.41, 5.74) is -0.790. The number of rotatable bonds is 5. The van der Waals surface area contributed by atoms with Gasteiger partial charge in [0.15, 0.2) is 23.1 Å². The van der Waals surface area contributed by atoms with E-state index in [-0.39, 0.29) is 5.56 Å². The van der Waals surface area contributed by atoms with Gasteiger partial charge in [0.1, 0.15) is 25.3 Å². The van der Waals surface area contributed by atoms with Crippen LogP contribution in [0.2, 0.25) is 0 Å². The van der Waals surface area contributed by atoms with E-state index in [4.69, 9.17) is 9.47 Å². The van der Waals surface area contributed by atoms with Gasteiger partial charge >= 0.3 is 6.03 Å². The quantitative estimate of drug-likeness (QED) is 0.689. The van der Waals surface area contributed by atoms with Gasteiger partial charge in [0, 0.05) is 0 Å². The Kier molecular flexibility index (Phi) is 5.45. The zero-order valence-electron chi connectivity index (χ0n) is 17.4. The average Bonchev–Trinajstić information content (AvgIpc) is 2.99. The van der Waals surface area contributed by atoms with Crippen molar-refractivity contribution in [3.05, 3.63) is 59.2 Å². The number of hydrogen-bond acceptors (Lipinski definition) is 5. The molecule has 0 aliphatic carbocycles. The number of urea groups is 1. The maximum Gasteiger partial charge on any atom is 0.325 e. The highest BCUT2D eigenvalue weighted by atomic mass is 19.2. The first-order valence-electron chi connectivity index (χ1n) is 9.97. The molecule has 0 radical (unpaired) electrons. The van der Waals surface area contributed by atoms with Gasteiger partial charge in [-0.2, -0.15) is 0 Å². The van der Waals surface area contributed by atoms with Crippen molar-refractivity contribution in [2.75, 3.05) is 19.8 Å². The van der Waals surface area contributed by atoms with Gasteiger partial charge in [-0.1, -0.05) is 12.1 Å². The molecule has 2 aliphatic heterocycles. The summed E-state index contributed by atoms with van der Waals surface area (Å²) in [5, 5.41) is 5.19. The third-order valence-corrected chi connectivity index (χ3v) is 5.52. The molecular formula is C22H21F2N3O5. The van der Waals surface area contributed by atoms with E-state index < -0.39 is 47.6 Å². The molecule has 0 saturated carbocycles. The average molecular weight is 445 g/mol. The number of hydrogen-bond donors (Lipinski definition) is 2. The minimum atomic E-state index is -1.62. The predicted molar refractivity (Wildman–Crippen MR) is 108 cm³/mol. The second-order valence-electron chi connectivity index (χ2n) is 7.77. The van der Waals surface area contributed by atoms with Gasteiger partial charge in [0.25, 0.3) is 5.91 Å².